The van der Waals surface area contributed by atoms with Crippen molar-refractivity contribution in [2.24, 2.45) is 0 Å². The van der Waals surface area contributed by atoms with Crippen LogP contribution in [0.5, 0.6) is 0 Å². The first kappa shape index (κ1) is 29.5. The highest BCUT2D eigenvalue weighted by molar-refractivity contribution is 8.00. The van der Waals surface area contributed by atoms with Gasteiger partial charge in [-0.1, -0.05) is 11.6 Å². The summed E-state index contributed by atoms with van der Waals surface area (Å²) in [5.41, 5.74) is 0. The Kier molecular flexibility index (Phi) is 10.4. The summed E-state index contributed by atoms with van der Waals surface area (Å²) < 4.78 is 28.1. The van der Waals surface area contributed by atoms with Crippen LogP contribution in [-0.2, 0) is 24.4 Å². The zero-order valence-electron chi connectivity index (χ0n) is 21.1. The van der Waals surface area contributed by atoms with Crippen LogP contribution >= 0.6 is 34.7 Å². The van der Waals surface area contributed by atoms with E-state index < -0.39 is 22.0 Å². The number of piperidine rings is 1. The number of rotatable bonds is 11. The van der Waals surface area contributed by atoms with Crippen LogP contribution in [0.4, 0.5) is 0 Å². The smallest absolute Gasteiger partial charge is 0.242 e. The molecule has 2 atom stereocenters. The predicted molar refractivity (Wildman–Crippen MR) is 153 cm³/mol. The maximum atomic E-state index is 13.1. The summed E-state index contributed by atoms with van der Waals surface area (Å²) in [4.78, 5) is 47.2. The van der Waals surface area contributed by atoms with Gasteiger partial charge in [-0.2, -0.15) is 4.72 Å². The maximum Gasteiger partial charge on any atom is 0.242 e. The zero-order valence-corrected chi connectivity index (χ0v) is 24.3. The number of carbonyl (C=O) groups is 3. The van der Waals surface area contributed by atoms with Crippen molar-refractivity contribution in [3.8, 4) is 0 Å². The second kappa shape index (κ2) is 13.8. The molecule has 2 saturated heterocycles. The Bertz CT molecular complexity index is 1300. The Morgan fingerprint density at radius 1 is 1.15 bits per heavy atom. The van der Waals surface area contributed by atoms with E-state index in [9.17, 15) is 22.8 Å². The first-order valence-electron chi connectivity index (χ1n) is 12.5. The van der Waals surface area contributed by atoms with Crippen molar-refractivity contribution in [3.63, 3.8) is 0 Å². The number of nitrogens with zero attached hydrogens (tertiary/aromatic N) is 3. The van der Waals surface area contributed by atoms with Gasteiger partial charge < -0.3 is 15.1 Å². The molecule has 0 aromatic carbocycles. The minimum atomic E-state index is -3.87. The summed E-state index contributed by atoms with van der Waals surface area (Å²) in [6, 6.07) is 5.98. The lowest BCUT2D eigenvalue weighted by Gasteiger charge is -2.34. The number of thioether (sulfide) groups is 1. The Hall–Kier alpha value is -2.45. The van der Waals surface area contributed by atoms with Gasteiger partial charge in [0.2, 0.25) is 27.7 Å². The van der Waals surface area contributed by atoms with Crippen molar-refractivity contribution in [2.75, 3.05) is 31.9 Å². The monoisotopic (exact) mass is 611 g/mol. The van der Waals surface area contributed by atoms with E-state index >= 15 is 0 Å². The quantitative estimate of drug-likeness (QED) is 0.374. The molecule has 0 unspecified atom stereocenters. The van der Waals surface area contributed by atoms with Crippen LogP contribution in [-0.4, -0.2) is 84.9 Å². The highest BCUT2D eigenvalue weighted by Gasteiger charge is 2.35. The molecule has 10 nitrogen and oxygen atoms in total. The van der Waals surface area contributed by atoms with Crippen molar-refractivity contribution >= 4 is 68.5 Å². The summed E-state index contributed by atoms with van der Waals surface area (Å²) >= 11 is 8.54. The van der Waals surface area contributed by atoms with Crippen molar-refractivity contribution in [3.05, 3.63) is 51.3 Å². The summed E-state index contributed by atoms with van der Waals surface area (Å²) in [6.45, 7) is 1.16. The minimum absolute atomic E-state index is 0.117. The molecule has 210 valence electrons. The number of carbonyl (C=O) groups excluding carboxylic acids is 3. The number of pyridine rings is 1. The Balaban J connectivity index is 1.26. The van der Waals surface area contributed by atoms with E-state index in [0.29, 0.717) is 41.7 Å². The summed E-state index contributed by atoms with van der Waals surface area (Å²) in [5, 5.41) is 3.93. The molecule has 14 heteroatoms. The second-order valence-electron chi connectivity index (χ2n) is 9.22. The van der Waals surface area contributed by atoms with Crippen molar-refractivity contribution < 1.29 is 22.8 Å². The number of halogens is 1. The normalized spacial score (nSPS) is 20.1. The van der Waals surface area contributed by atoms with E-state index in [2.05, 4.69) is 15.0 Å². The Morgan fingerprint density at radius 2 is 1.92 bits per heavy atom. The molecule has 0 spiro atoms. The molecule has 4 heterocycles. The molecule has 2 aromatic heterocycles. The van der Waals surface area contributed by atoms with Gasteiger partial charge in [-0.05, 0) is 56.0 Å². The first-order chi connectivity index (χ1) is 18.7. The fourth-order valence-corrected chi connectivity index (χ4v) is 7.30. The third kappa shape index (κ3) is 8.77. The van der Waals surface area contributed by atoms with Gasteiger partial charge in [-0.25, -0.2) is 8.42 Å². The molecule has 0 radical (unpaired) electrons. The standard InChI is InChI=1S/C25H30ClN5O5S3/c26-22-6-5-20(38-22)9-14-39(35,36)29-21-4-2-12-30(25(21)34)16-24(33)31-13-1-3-18(31)15-28-23(32)17-37-19-7-10-27-11-8-19/h5-11,14,18,21,29H,1-4,12-13,15-17H2,(H,28,32)/t18-,21-/m0/s1. The van der Waals surface area contributed by atoms with Gasteiger partial charge >= 0.3 is 0 Å². The Morgan fingerprint density at radius 3 is 2.67 bits per heavy atom. The highest BCUT2D eigenvalue weighted by Crippen LogP contribution is 2.23. The molecular formula is C25H30ClN5O5S3. The van der Waals surface area contributed by atoms with Crippen molar-refractivity contribution in [2.45, 2.75) is 42.7 Å². The molecule has 2 aliphatic heterocycles. The van der Waals surface area contributed by atoms with Crippen LogP contribution in [0.2, 0.25) is 4.34 Å². The molecule has 0 saturated carbocycles. The van der Waals surface area contributed by atoms with Gasteiger partial charge in [0.15, 0.2) is 0 Å². The number of sulfonamides is 1. The summed E-state index contributed by atoms with van der Waals surface area (Å²) in [6.07, 6.45) is 7.29. The van der Waals surface area contributed by atoms with Gasteiger partial charge in [-0.3, -0.25) is 19.4 Å². The third-order valence-corrected chi connectivity index (χ3v) is 9.74. The van der Waals surface area contributed by atoms with Gasteiger partial charge in [0.25, 0.3) is 0 Å². The topological polar surface area (TPSA) is 129 Å². The van der Waals surface area contributed by atoms with E-state index in [1.54, 1.807) is 29.4 Å². The van der Waals surface area contributed by atoms with E-state index in [0.717, 1.165) is 23.1 Å². The SMILES string of the molecule is O=C(CSc1ccncc1)NC[C@@H]1CCCN1C(=O)CN1CCC[C@H](NS(=O)(=O)C=Cc2ccc(Cl)s2)C1=O. The lowest BCUT2D eigenvalue weighted by atomic mass is 10.1. The van der Waals surface area contributed by atoms with Gasteiger partial charge in [0, 0.05) is 53.3 Å². The molecule has 2 fully saturated rings. The average molecular weight is 612 g/mol. The number of aromatic nitrogens is 1. The molecule has 4 rings (SSSR count). The lowest BCUT2D eigenvalue weighted by molar-refractivity contribution is -0.143. The van der Waals surface area contributed by atoms with Crippen molar-refractivity contribution in [1.82, 2.24) is 24.8 Å². The average Bonchev–Trinajstić information content (AvgIpc) is 3.57. The number of thiophene rings is 1. The van der Waals surface area contributed by atoms with Crippen LogP contribution < -0.4 is 10.0 Å². The predicted octanol–water partition coefficient (Wildman–Crippen LogP) is 2.58. The Labute approximate surface area is 241 Å². The van der Waals surface area contributed by atoms with Crippen molar-refractivity contribution in [1.29, 1.82) is 0 Å². The fraction of sp³-hybridized carbons (Fsp3) is 0.440. The number of nitrogens with one attached hydrogen (secondary N) is 2. The van der Waals surface area contributed by atoms with Gasteiger partial charge in [-0.15, -0.1) is 23.1 Å². The van der Waals surface area contributed by atoms with Crippen LogP contribution in [0.15, 0.2) is 47.0 Å². The fourth-order valence-electron chi connectivity index (χ4n) is 4.52. The molecule has 0 aliphatic carbocycles. The van der Waals surface area contributed by atoms with Crippen LogP contribution in [0.3, 0.4) is 0 Å². The number of hydrogen-bond donors (Lipinski definition) is 2. The first-order valence-corrected chi connectivity index (χ1v) is 16.3. The van der Waals surface area contributed by atoms with E-state index in [-0.39, 0.29) is 30.2 Å². The van der Waals surface area contributed by atoms with E-state index in [1.165, 1.54) is 34.1 Å². The number of amides is 3. The lowest BCUT2D eigenvalue weighted by Crippen LogP contribution is -2.55. The molecule has 2 aliphatic rings. The largest absolute Gasteiger partial charge is 0.353 e. The highest BCUT2D eigenvalue weighted by atomic mass is 35.5. The van der Waals surface area contributed by atoms with E-state index in [1.807, 2.05) is 12.1 Å². The van der Waals surface area contributed by atoms with E-state index in [4.69, 9.17) is 11.6 Å². The number of hydrogen-bond acceptors (Lipinski definition) is 8. The van der Waals surface area contributed by atoms with Gasteiger partial charge in [0.05, 0.1) is 16.6 Å². The minimum Gasteiger partial charge on any atom is -0.353 e. The zero-order chi connectivity index (χ0) is 27.8. The molecule has 39 heavy (non-hydrogen) atoms. The van der Waals surface area contributed by atoms with Crippen LogP contribution in [0, 0.1) is 0 Å². The van der Waals surface area contributed by atoms with Crippen LogP contribution in [0.25, 0.3) is 6.08 Å². The summed E-state index contributed by atoms with van der Waals surface area (Å²) in [7, 11) is -3.87. The summed E-state index contributed by atoms with van der Waals surface area (Å²) in [5.74, 6) is -0.471. The second-order valence-corrected chi connectivity index (χ2v) is 13.6. The molecule has 3 amide bonds. The van der Waals surface area contributed by atoms with Gasteiger partial charge in [0.1, 0.15) is 6.04 Å². The molecule has 2 aromatic rings. The maximum absolute atomic E-state index is 13.1. The van der Waals surface area contributed by atoms with Crippen LogP contribution in [0.1, 0.15) is 30.6 Å². The molecule has 2 N–H and O–H groups in total. The molecule has 0 bridgehead atoms. The third-order valence-electron chi connectivity index (χ3n) is 6.42. The molecular weight excluding hydrogens is 582 g/mol. The number of likely N-dealkylation sites (tertiary alicyclic amines) is 2.